The highest BCUT2D eigenvalue weighted by atomic mass is 16.5. The molecule has 0 saturated heterocycles. The fourth-order valence-electron chi connectivity index (χ4n) is 2.62. The zero-order valence-corrected chi connectivity index (χ0v) is 10.7. The molecule has 0 atom stereocenters. The minimum Gasteiger partial charge on any atom is -0.334 e. The Kier molecular flexibility index (Phi) is 3.13. The van der Waals surface area contributed by atoms with Gasteiger partial charge in [0.05, 0.1) is 0 Å². The van der Waals surface area contributed by atoms with E-state index in [2.05, 4.69) is 17.1 Å². The molecule has 1 aliphatic carbocycles. The lowest BCUT2D eigenvalue weighted by atomic mass is 9.83. The smallest absolute Gasteiger partial charge is 0.257 e. The molecule has 0 radical (unpaired) electrons. The second-order valence-corrected chi connectivity index (χ2v) is 5.28. The summed E-state index contributed by atoms with van der Waals surface area (Å²) in [5.74, 6) is 2.87. The molecule has 0 N–H and O–H groups in total. The van der Waals surface area contributed by atoms with Crippen molar-refractivity contribution in [3.05, 3.63) is 36.2 Å². The predicted molar refractivity (Wildman–Crippen MR) is 70.1 cm³/mol. The topological polar surface area (TPSA) is 38.9 Å². The van der Waals surface area contributed by atoms with Crippen molar-refractivity contribution in [3.8, 4) is 11.5 Å². The summed E-state index contributed by atoms with van der Waals surface area (Å²) in [7, 11) is 0. The number of hydrogen-bond donors (Lipinski definition) is 0. The van der Waals surface area contributed by atoms with Gasteiger partial charge in [0, 0.05) is 11.5 Å². The Morgan fingerprint density at radius 2 is 1.78 bits per heavy atom. The van der Waals surface area contributed by atoms with Gasteiger partial charge in [-0.15, -0.1) is 0 Å². The highest BCUT2D eigenvalue weighted by Crippen LogP contribution is 2.34. The van der Waals surface area contributed by atoms with Crippen LogP contribution in [0.15, 0.2) is 34.9 Å². The standard InChI is InChI=1S/C15H18N2O/c1-11-7-9-12(10-8-11)14-16-15(18-17-14)13-5-3-2-4-6-13/h2-6,11-12H,7-10H2,1H3. The van der Waals surface area contributed by atoms with Crippen LogP contribution in [0.3, 0.4) is 0 Å². The molecule has 3 heteroatoms. The lowest BCUT2D eigenvalue weighted by Gasteiger charge is -2.23. The maximum atomic E-state index is 5.37. The Morgan fingerprint density at radius 1 is 1.06 bits per heavy atom. The number of hydrogen-bond acceptors (Lipinski definition) is 3. The van der Waals surface area contributed by atoms with E-state index in [1.165, 1.54) is 25.7 Å². The molecule has 3 rings (SSSR count). The first-order valence-electron chi connectivity index (χ1n) is 6.72. The third-order valence-electron chi connectivity index (χ3n) is 3.84. The molecule has 1 aliphatic rings. The average molecular weight is 242 g/mol. The SMILES string of the molecule is CC1CCC(c2noc(-c3ccccc3)n2)CC1. The van der Waals surface area contributed by atoms with Gasteiger partial charge in [-0.1, -0.05) is 43.1 Å². The first kappa shape index (κ1) is 11.5. The molecule has 2 aromatic rings. The fraction of sp³-hybridized carbons (Fsp3) is 0.467. The third kappa shape index (κ3) is 2.30. The van der Waals surface area contributed by atoms with Crippen molar-refractivity contribution in [2.75, 3.05) is 0 Å². The molecule has 1 saturated carbocycles. The van der Waals surface area contributed by atoms with Crippen LogP contribution in [-0.2, 0) is 0 Å². The van der Waals surface area contributed by atoms with Crippen molar-refractivity contribution < 1.29 is 4.52 Å². The van der Waals surface area contributed by atoms with Crippen LogP contribution in [-0.4, -0.2) is 10.1 Å². The molecule has 1 fully saturated rings. The summed E-state index contributed by atoms with van der Waals surface area (Å²) in [6, 6.07) is 9.97. The summed E-state index contributed by atoms with van der Waals surface area (Å²) in [4.78, 5) is 4.55. The van der Waals surface area contributed by atoms with Crippen LogP contribution in [0, 0.1) is 5.92 Å². The van der Waals surface area contributed by atoms with Gasteiger partial charge < -0.3 is 4.52 Å². The molecule has 94 valence electrons. The highest BCUT2D eigenvalue weighted by Gasteiger charge is 2.24. The Hall–Kier alpha value is -1.64. The molecule has 0 bridgehead atoms. The second kappa shape index (κ2) is 4.92. The van der Waals surface area contributed by atoms with E-state index in [-0.39, 0.29) is 0 Å². The molecule has 0 aliphatic heterocycles. The van der Waals surface area contributed by atoms with Crippen LogP contribution < -0.4 is 0 Å². The van der Waals surface area contributed by atoms with Gasteiger partial charge in [0.2, 0.25) is 0 Å². The van der Waals surface area contributed by atoms with Crippen LogP contribution in [0.25, 0.3) is 11.5 Å². The van der Waals surface area contributed by atoms with E-state index in [0.717, 1.165) is 17.3 Å². The number of benzene rings is 1. The fourth-order valence-corrected chi connectivity index (χ4v) is 2.62. The Morgan fingerprint density at radius 3 is 2.50 bits per heavy atom. The minimum atomic E-state index is 0.488. The number of aromatic nitrogens is 2. The zero-order chi connectivity index (χ0) is 12.4. The lowest BCUT2D eigenvalue weighted by Crippen LogP contribution is -2.11. The zero-order valence-electron chi connectivity index (χ0n) is 10.7. The molecule has 1 heterocycles. The molecule has 0 spiro atoms. The maximum absolute atomic E-state index is 5.37. The van der Waals surface area contributed by atoms with Crippen molar-refractivity contribution in [2.24, 2.45) is 5.92 Å². The molecule has 18 heavy (non-hydrogen) atoms. The van der Waals surface area contributed by atoms with E-state index in [1.54, 1.807) is 0 Å². The maximum Gasteiger partial charge on any atom is 0.257 e. The van der Waals surface area contributed by atoms with Crippen molar-refractivity contribution in [1.29, 1.82) is 0 Å². The van der Waals surface area contributed by atoms with E-state index < -0.39 is 0 Å². The number of rotatable bonds is 2. The van der Waals surface area contributed by atoms with E-state index in [1.807, 2.05) is 30.3 Å². The molecule has 1 aromatic heterocycles. The average Bonchev–Trinajstić information content (AvgIpc) is 2.90. The van der Waals surface area contributed by atoms with Crippen molar-refractivity contribution in [1.82, 2.24) is 10.1 Å². The van der Waals surface area contributed by atoms with Gasteiger partial charge in [-0.2, -0.15) is 4.98 Å². The van der Waals surface area contributed by atoms with Gasteiger partial charge in [0.25, 0.3) is 5.89 Å². The summed E-state index contributed by atoms with van der Waals surface area (Å²) >= 11 is 0. The first-order chi connectivity index (χ1) is 8.83. The van der Waals surface area contributed by atoms with E-state index in [4.69, 9.17) is 4.52 Å². The van der Waals surface area contributed by atoms with E-state index >= 15 is 0 Å². The predicted octanol–water partition coefficient (Wildman–Crippen LogP) is 4.03. The lowest BCUT2D eigenvalue weighted by molar-refractivity contribution is 0.329. The molecule has 1 aromatic carbocycles. The first-order valence-corrected chi connectivity index (χ1v) is 6.72. The Balaban J connectivity index is 1.78. The molecular formula is C15H18N2O. The quantitative estimate of drug-likeness (QED) is 0.798. The molecule has 0 amide bonds. The van der Waals surface area contributed by atoms with Gasteiger partial charge in [0.15, 0.2) is 5.82 Å². The summed E-state index contributed by atoms with van der Waals surface area (Å²) < 4.78 is 5.37. The van der Waals surface area contributed by atoms with Gasteiger partial charge >= 0.3 is 0 Å². The Bertz CT molecular complexity index is 498. The minimum absolute atomic E-state index is 0.488. The second-order valence-electron chi connectivity index (χ2n) is 5.28. The summed E-state index contributed by atoms with van der Waals surface area (Å²) in [6.45, 7) is 2.32. The van der Waals surface area contributed by atoms with Crippen molar-refractivity contribution in [2.45, 2.75) is 38.5 Å². The van der Waals surface area contributed by atoms with Crippen molar-refractivity contribution in [3.63, 3.8) is 0 Å². The van der Waals surface area contributed by atoms with Gasteiger partial charge in [-0.25, -0.2) is 0 Å². The molecule has 0 unspecified atom stereocenters. The van der Waals surface area contributed by atoms with E-state index in [9.17, 15) is 0 Å². The number of nitrogens with zero attached hydrogens (tertiary/aromatic N) is 2. The van der Waals surface area contributed by atoms with Crippen LogP contribution in [0.4, 0.5) is 0 Å². The molecule has 3 nitrogen and oxygen atoms in total. The largest absolute Gasteiger partial charge is 0.334 e. The van der Waals surface area contributed by atoms with Gasteiger partial charge in [-0.3, -0.25) is 0 Å². The summed E-state index contributed by atoms with van der Waals surface area (Å²) in [6.07, 6.45) is 4.93. The summed E-state index contributed by atoms with van der Waals surface area (Å²) in [5.41, 5.74) is 1.00. The normalized spacial score (nSPS) is 24.1. The summed E-state index contributed by atoms with van der Waals surface area (Å²) in [5, 5.41) is 4.16. The van der Waals surface area contributed by atoms with Crippen LogP contribution in [0.2, 0.25) is 0 Å². The monoisotopic (exact) mass is 242 g/mol. The van der Waals surface area contributed by atoms with E-state index in [0.29, 0.717) is 11.8 Å². The molecular weight excluding hydrogens is 224 g/mol. The van der Waals surface area contributed by atoms with Crippen LogP contribution in [0.5, 0.6) is 0 Å². The van der Waals surface area contributed by atoms with Gasteiger partial charge in [-0.05, 0) is 30.9 Å². The van der Waals surface area contributed by atoms with Crippen molar-refractivity contribution >= 4 is 0 Å². The highest BCUT2D eigenvalue weighted by molar-refractivity contribution is 5.52. The van der Waals surface area contributed by atoms with Crippen LogP contribution >= 0.6 is 0 Å². The van der Waals surface area contributed by atoms with Crippen LogP contribution in [0.1, 0.15) is 44.3 Å². The Labute approximate surface area is 107 Å². The third-order valence-corrected chi connectivity index (χ3v) is 3.84. The van der Waals surface area contributed by atoms with Gasteiger partial charge in [0.1, 0.15) is 0 Å².